The van der Waals surface area contributed by atoms with Crippen molar-refractivity contribution in [1.29, 1.82) is 0 Å². The largest absolute Gasteiger partial charge is 0.397 e. The van der Waals surface area contributed by atoms with Gasteiger partial charge < -0.3 is 15.5 Å². The summed E-state index contributed by atoms with van der Waals surface area (Å²) in [4.78, 5) is 15.2. The van der Waals surface area contributed by atoms with E-state index in [1.807, 2.05) is 29.3 Å². The van der Waals surface area contributed by atoms with Crippen LogP contribution in [0, 0.1) is 0 Å². The number of aromatic nitrogens is 1. The van der Waals surface area contributed by atoms with E-state index in [1.165, 1.54) is 0 Å². The zero-order chi connectivity index (χ0) is 13.2. The summed E-state index contributed by atoms with van der Waals surface area (Å²) in [5.74, 6) is -0.155. The van der Waals surface area contributed by atoms with E-state index in [0.717, 1.165) is 10.9 Å². The van der Waals surface area contributed by atoms with Crippen molar-refractivity contribution in [2.75, 3.05) is 32.0 Å². The van der Waals surface area contributed by atoms with Gasteiger partial charge in [-0.05, 0) is 12.1 Å². The monoisotopic (exact) mass is 260 g/mol. The minimum Gasteiger partial charge on any atom is -0.397 e. The van der Waals surface area contributed by atoms with E-state index in [0.29, 0.717) is 37.7 Å². The number of aromatic amines is 1. The number of morpholine rings is 1. The highest BCUT2D eigenvalue weighted by atomic mass is 16.5. The first-order valence-electron chi connectivity index (χ1n) is 6.25. The van der Waals surface area contributed by atoms with Crippen LogP contribution >= 0.6 is 0 Å². The minimum absolute atomic E-state index is 0.155. The lowest BCUT2D eigenvalue weighted by Crippen LogP contribution is -2.48. The third-order valence-corrected chi connectivity index (χ3v) is 3.20. The average Bonchev–Trinajstić information content (AvgIpc) is 2.85. The fourth-order valence-electron chi connectivity index (χ4n) is 2.18. The average molecular weight is 260 g/mol. The van der Waals surface area contributed by atoms with Crippen molar-refractivity contribution in [3.63, 3.8) is 0 Å². The molecule has 19 heavy (non-hydrogen) atoms. The summed E-state index contributed by atoms with van der Waals surface area (Å²) in [6.45, 7) is 2.68. The van der Waals surface area contributed by atoms with E-state index in [4.69, 9.17) is 10.5 Å². The Labute approximate surface area is 110 Å². The number of para-hydroxylation sites is 1. The van der Waals surface area contributed by atoms with Crippen LogP contribution in [-0.2, 0) is 4.74 Å². The number of carbonyl (C=O) groups excluding carboxylic acids is 1. The van der Waals surface area contributed by atoms with E-state index in [-0.39, 0.29) is 5.91 Å². The Bertz CT molecular complexity index is 602. The van der Waals surface area contributed by atoms with Crippen LogP contribution in [0.1, 0.15) is 10.5 Å². The molecule has 0 spiro atoms. The number of hydrogen-bond donors (Lipinski definition) is 3. The lowest BCUT2D eigenvalue weighted by atomic mass is 10.2. The standard InChI is InChI=1S/C13H16N4O2/c14-10-3-1-2-9-8-11(15-12(9)10)13(18)16-17-4-6-19-7-5-17/h1-3,8,15H,4-7,14H2,(H,16,18). The van der Waals surface area contributed by atoms with Crippen LogP contribution in [0.3, 0.4) is 0 Å². The van der Waals surface area contributed by atoms with Gasteiger partial charge in [0.15, 0.2) is 0 Å². The van der Waals surface area contributed by atoms with E-state index >= 15 is 0 Å². The van der Waals surface area contributed by atoms with Gasteiger partial charge in [0.25, 0.3) is 5.91 Å². The van der Waals surface area contributed by atoms with Crippen molar-refractivity contribution in [2.45, 2.75) is 0 Å². The molecule has 1 saturated heterocycles. The Morgan fingerprint density at radius 1 is 1.37 bits per heavy atom. The molecule has 1 fully saturated rings. The molecule has 0 radical (unpaired) electrons. The number of ether oxygens (including phenoxy) is 1. The highest BCUT2D eigenvalue weighted by Crippen LogP contribution is 2.21. The van der Waals surface area contributed by atoms with Gasteiger partial charge in [-0.2, -0.15) is 0 Å². The van der Waals surface area contributed by atoms with Crippen molar-refractivity contribution >= 4 is 22.5 Å². The molecule has 6 nitrogen and oxygen atoms in total. The van der Waals surface area contributed by atoms with Gasteiger partial charge in [0, 0.05) is 18.5 Å². The van der Waals surface area contributed by atoms with Gasteiger partial charge in [-0.1, -0.05) is 12.1 Å². The Hall–Kier alpha value is -2.05. The summed E-state index contributed by atoms with van der Waals surface area (Å²) < 4.78 is 5.23. The zero-order valence-electron chi connectivity index (χ0n) is 10.5. The fourth-order valence-corrected chi connectivity index (χ4v) is 2.18. The molecule has 1 aromatic carbocycles. The summed E-state index contributed by atoms with van der Waals surface area (Å²) in [6, 6.07) is 7.41. The van der Waals surface area contributed by atoms with E-state index in [2.05, 4.69) is 10.4 Å². The molecule has 0 atom stereocenters. The number of nitrogens with one attached hydrogen (secondary N) is 2. The summed E-state index contributed by atoms with van der Waals surface area (Å²) in [6.07, 6.45) is 0. The van der Waals surface area contributed by atoms with Gasteiger partial charge in [-0.3, -0.25) is 10.2 Å². The molecule has 1 aliphatic rings. The van der Waals surface area contributed by atoms with Crippen LogP contribution in [0.5, 0.6) is 0 Å². The predicted octanol–water partition coefficient (Wildman–Crippen LogP) is 0.727. The molecule has 2 aromatic rings. The lowest BCUT2D eigenvalue weighted by molar-refractivity contribution is 0.0125. The lowest BCUT2D eigenvalue weighted by Gasteiger charge is -2.26. The van der Waals surface area contributed by atoms with Crippen molar-refractivity contribution in [3.8, 4) is 0 Å². The number of hydrogen-bond acceptors (Lipinski definition) is 4. The number of rotatable bonds is 2. The van der Waals surface area contributed by atoms with Crippen molar-refractivity contribution in [1.82, 2.24) is 15.4 Å². The van der Waals surface area contributed by atoms with Gasteiger partial charge in [0.2, 0.25) is 0 Å². The second-order valence-corrected chi connectivity index (χ2v) is 4.53. The number of hydrazine groups is 1. The maximum atomic E-state index is 12.1. The molecule has 3 rings (SSSR count). The SMILES string of the molecule is Nc1cccc2cc(C(=O)NN3CCOCC3)[nH]c12. The van der Waals surface area contributed by atoms with Crippen molar-refractivity contribution < 1.29 is 9.53 Å². The van der Waals surface area contributed by atoms with Crippen LogP contribution in [0.15, 0.2) is 24.3 Å². The number of nitrogens with two attached hydrogens (primary N) is 1. The second-order valence-electron chi connectivity index (χ2n) is 4.53. The highest BCUT2D eigenvalue weighted by molar-refractivity contribution is 6.00. The summed E-state index contributed by atoms with van der Waals surface area (Å²) in [5.41, 5.74) is 10.7. The summed E-state index contributed by atoms with van der Waals surface area (Å²) >= 11 is 0. The van der Waals surface area contributed by atoms with Gasteiger partial charge in [0.1, 0.15) is 5.69 Å². The molecule has 0 bridgehead atoms. The number of nitrogens with zero attached hydrogens (tertiary/aromatic N) is 1. The molecule has 6 heteroatoms. The van der Waals surface area contributed by atoms with E-state index in [1.54, 1.807) is 0 Å². The molecule has 2 heterocycles. The first-order valence-corrected chi connectivity index (χ1v) is 6.25. The molecule has 0 aliphatic carbocycles. The molecule has 1 amide bonds. The van der Waals surface area contributed by atoms with Gasteiger partial charge in [-0.25, -0.2) is 5.01 Å². The minimum atomic E-state index is -0.155. The molecule has 100 valence electrons. The molecule has 1 aromatic heterocycles. The summed E-state index contributed by atoms with van der Waals surface area (Å²) in [5, 5.41) is 2.80. The second kappa shape index (κ2) is 4.91. The van der Waals surface area contributed by atoms with E-state index < -0.39 is 0 Å². The van der Waals surface area contributed by atoms with Gasteiger partial charge in [-0.15, -0.1) is 0 Å². The Morgan fingerprint density at radius 2 is 2.16 bits per heavy atom. The number of anilines is 1. The Kier molecular flexibility index (Phi) is 3.10. The van der Waals surface area contributed by atoms with Crippen LogP contribution in [-0.4, -0.2) is 42.2 Å². The first-order chi connectivity index (χ1) is 9.24. The topological polar surface area (TPSA) is 83.4 Å². The van der Waals surface area contributed by atoms with Crippen LogP contribution in [0.4, 0.5) is 5.69 Å². The maximum Gasteiger partial charge on any atom is 0.282 e. The molecular weight excluding hydrogens is 244 g/mol. The third kappa shape index (κ3) is 2.40. The van der Waals surface area contributed by atoms with E-state index in [9.17, 15) is 4.79 Å². The number of H-pyrrole nitrogens is 1. The van der Waals surface area contributed by atoms with Crippen molar-refractivity contribution in [2.24, 2.45) is 0 Å². The van der Waals surface area contributed by atoms with Gasteiger partial charge >= 0.3 is 0 Å². The fraction of sp³-hybridized carbons (Fsp3) is 0.308. The highest BCUT2D eigenvalue weighted by Gasteiger charge is 2.16. The predicted molar refractivity (Wildman–Crippen MR) is 72.6 cm³/mol. The van der Waals surface area contributed by atoms with Crippen LogP contribution < -0.4 is 11.2 Å². The zero-order valence-corrected chi connectivity index (χ0v) is 10.5. The number of carbonyl (C=O) groups is 1. The smallest absolute Gasteiger partial charge is 0.282 e. The molecular formula is C13H16N4O2. The molecule has 0 saturated carbocycles. The number of amides is 1. The van der Waals surface area contributed by atoms with Gasteiger partial charge in [0.05, 0.1) is 24.4 Å². The number of fused-ring (bicyclic) bond motifs is 1. The Morgan fingerprint density at radius 3 is 2.89 bits per heavy atom. The number of benzene rings is 1. The van der Waals surface area contributed by atoms with Crippen LogP contribution in [0.25, 0.3) is 10.9 Å². The quantitative estimate of drug-likeness (QED) is 0.695. The normalized spacial score (nSPS) is 16.6. The van der Waals surface area contributed by atoms with Crippen molar-refractivity contribution in [3.05, 3.63) is 30.0 Å². The molecule has 4 N–H and O–H groups in total. The third-order valence-electron chi connectivity index (χ3n) is 3.20. The summed E-state index contributed by atoms with van der Waals surface area (Å²) in [7, 11) is 0. The maximum absolute atomic E-state index is 12.1. The van der Waals surface area contributed by atoms with Crippen LogP contribution in [0.2, 0.25) is 0 Å². The molecule has 0 unspecified atom stereocenters. The first kappa shape index (κ1) is 12.0. The Balaban J connectivity index is 1.79. The number of nitrogen functional groups attached to an aromatic ring is 1. The molecule has 1 aliphatic heterocycles.